The zero-order chi connectivity index (χ0) is 20.8. The number of hydrogen-bond donors (Lipinski definition) is 2. The molecule has 2 heterocycles. The number of primary amides is 1. The monoisotopic (exact) mass is 387 g/mol. The number of aromatic amines is 1. The first-order chi connectivity index (χ1) is 13.8. The van der Waals surface area contributed by atoms with Crippen molar-refractivity contribution in [1.29, 1.82) is 0 Å². The fraction of sp³-hybridized carbons (Fsp3) is 0.182. The maximum Gasteiger partial charge on any atom is 0.332 e. The molecule has 7 nitrogen and oxygen atoms in total. The average molecular weight is 387 g/mol. The standard InChI is InChI=1S/C22H21N5O2/c1-22(2,3)14-9-11-15(12-10-14)27-20-17(25-21(27)29)16(18(23)28)24-19(26-20)13-7-5-4-6-8-13/h4-12H,1-3H3,(H2,23,28)(H,25,29). The number of carbonyl (C=O) groups excluding carboxylic acids is 1. The summed E-state index contributed by atoms with van der Waals surface area (Å²) in [5, 5.41) is 0. The molecule has 0 aliphatic rings. The van der Waals surface area contributed by atoms with Crippen LogP contribution in [0.5, 0.6) is 0 Å². The van der Waals surface area contributed by atoms with Crippen LogP contribution in [0.4, 0.5) is 0 Å². The zero-order valence-corrected chi connectivity index (χ0v) is 16.4. The summed E-state index contributed by atoms with van der Waals surface area (Å²) in [6.45, 7) is 6.37. The minimum Gasteiger partial charge on any atom is -0.364 e. The lowest BCUT2D eigenvalue weighted by Gasteiger charge is -2.19. The molecular formula is C22H21N5O2. The van der Waals surface area contributed by atoms with Crippen LogP contribution in [-0.4, -0.2) is 25.4 Å². The third kappa shape index (κ3) is 3.31. The predicted octanol–water partition coefficient (Wildman–Crippen LogP) is 3.17. The van der Waals surface area contributed by atoms with E-state index in [2.05, 4.69) is 35.7 Å². The molecule has 0 bridgehead atoms. The van der Waals surface area contributed by atoms with Crippen molar-refractivity contribution in [3.63, 3.8) is 0 Å². The van der Waals surface area contributed by atoms with Crippen molar-refractivity contribution in [3.05, 3.63) is 76.3 Å². The van der Waals surface area contributed by atoms with Crippen LogP contribution in [0.2, 0.25) is 0 Å². The highest BCUT2D eigenvalue weighted by atomic mass is 16.2. The van der Waals surface area contributed by atoms with Crippen LogP contribution in [0, 0.1) is 0 Å². The summed E-state index contributed by atoms with van der Waals surface area (Å²) in [4.78, 5) is 36.3. The molecule has 3 N–H and O–H groups in total. The van der Waals surface area contributed by atoms with E-state index in [1.165, 1.54) is 4.57 Å². The fourth-order valence-corrected chi connectivity index (χ4v) is 3.23. The summed E-state index contributed by atoms with van der Waals surface area (Å²) in [7, 11) is 0. The van der Waals surface area contributed by atoms with Gasteiger partial charge >= 0.3 is 5.69 Å². The Labute approximate surface area is 167 Å². The second kappa shape index (κ2) is 6.70. The summed E-state index contributed by atoms with van der Waals surface area (Å²) in [6, 6.07) is 16.9. The smallest absolute Gasteiger partial charge is 0.332 e. The van der Waals surface area contributed by atoms with E-state index in [9.17, 15) is 9.59 Å². The van der Waals surface area contributed by atoms with Gasteiger partial charge in [-0.05, 0) is 23.1 Å². The molecule has 0 saturated carbocycles. The van der Waals surface area contributed by atoms with Gasteiger partial charge in [-0.1, -0.05) is 63.2 Å². The summed E-state index contributed by atoms with van der Waals surface area (Å²) >= 11 is 0. The van der Waals surface area contributed by atoms with Crippen molar-refractivity contribution in [2.24, 2.45) is 5.73 Å². The van der Waals surface area contributed by atoms with Gasteiger partial charge in [0.25, 0.3) is 5.91 Å². The van der Waals surface area contributed by atoms with Gasteiger partial charge in [-0.15, -0.1) is 0 Å². The Morgan fingerprint density at radius 2 is 1.66 bits per heavy atom. The molecule has 0 fully saturated rings. The summed E-state index contributed by atoms with van der Waals surface area (Å²) in [5.74, 6) is -0.406. The molecule has 0 atom stereocenters. The van der Waals surface area contributed by atoms with Crippen molar-refractivity contribution in [2.45, 2.75) is 26.2 Å². The number of imidazole rings is 1. The van der Waals surface area contributed by atoms with Crippen molar-refractivity contribution < 1.29 is 4.79 Å². The highest BCUT2D eigenvalue weighted by molar-refractivity contribution is 6.02. The second-order valence-electron chi connectivity index (χ2n) is 7.89. The lowest BCUT2D eigenvalue weighted by molar-refractivity contribution is 0.0997. The molecule has 1 amide bonds. The van der Waals surface area contributed by atoms with Gasteiger partial charge < -0.3 is 10.7 Å². The van der Waals surface area contributed by atoms with Crippen LogP contribution < -0.4 is 11.4 Å². The molecule has 0 unspecified atom stereocenters. The maximum atomic E-state index is 12.7. The molecule has 2 aromatic carbocycles. The normalized spacial score (nSPS) is 11.7. The van der Waals surface area contributed by atoms with Crippen molar-refractivity contribution in [3.8, 4) is 17.1 Å². The Bertz CT molecular complexity index is 1260. The molecule has 7 heteroatoms. The second-order valence-corrected chi connectivity index (χ2v) is 7.89. The van der Waals surface area contributed by atoms with E-state index in [4.69, 9.17) is 5.73 Å². The van der Waals surface area contributed by atoms with E-state index < -0.39 is 11.6 Å². The number of nitrogens with two attached hydrogens (primary N) is 1. The minimum absolute atomic E-state index is 0.00844. The summed E-state index contributed by atoms with van der Waals surface area (Å²) < 4.78 is 1.43. The van der Waals surface area contributed by atoms with Gasteiger partial charge in [0.05, 0.1) is 5.69 Å². The predicted molar refractivity (Wildman–Crippen MR) is 112 cm³/mol. The fourth-order valence-electron chi connectivity index (χ4n) is 3.23. The number of aromatic nitrogens is 4. The minimum atomic E-state index is -0.730. The zero-order valence-electron chi connectivity index (χ0n) is 16.4. The van der Waals surface area contributed by atoms with Crippen LogP contribution in [0.15, 0.2) is 59.4 Å². The number of nitrogens with one attached hydrogen (secondary N) is 1. The highest BCUT2D eigenvalue weighted by Gasteiger charge is 2.20. The van der Waals surface area contributed by atoms with Crippen LogP contribution in [0.25, 0.3) is 28.2 Å². The highest BCUT2D eigenvalue weighted by Crippen LogP contribution is 2.25. The van der Waals surface area contributed by atoms with Crippen molar-refractivity contribution >= 4 is 17.1 Å². The quantitative estimate of drug-likeness (QED) is 0.563. The number of nitrogens with zero attached hydrogens (tertiary/aromatic N) is 3. The van der Waals surface area contributed by atoms with Gasteiger partial charge in [0.1, 0.15) is 5.52 Å². The topological polar surface area (TPSA) is 107 Å². The molecule has 4 rings (SSSR count). The Hall–Kier alpha value is -3.74. The number of carbonyl (C=O) groups is 1. The first-order valence-electron chi connectivity index (χ1n) is 9.24. The lowest BCUT2D eigenvalue weighted by Crippen LogP contribution is -2.16. The third-order valence-electron chi connectivity index (χ3n) is 4.79. The van der Waals surface area contributed by atoms with Crippen LogP contribution in [0.1, 0.15) is 36.8 Å². The van der Waals surface area contributed by atoms with Crippen LogP contribution in [-0.2, 0) is 5.41 Å². The molecule has 0 aliphatic heterocycles. The van der Waals surface area contributed by atoms with Crippen molar-refractivity contribution in [2.75, 3.05) is 0 Å². The lowest BCUT2D eigenvalue weighted by atomic mass is 9.87. The number of H-pyrrole nitrogens is 1. The summed E-state index contributed by atoms with van der Waals surface area (Å²) in [5.41, 5.74) is 8.13. The molecule has 146 valence electrons. The first kappa shape index (κ1) is 18.6. The molecule has 0 spiro atoms. The molecule has 4 aromatic rings. The van der Waals surface area contributed by atoms with Crippen LogP contribution in [0.3, 0.4) is 0 Å². The van der Waals surface area contributed by atoms with E-state index in [0.29, 0.717) is 17.2 Å². The van der Waals surface area contributed by atoms with Gasteiger partial charge in [-0.3, -0.25) is 4.79 Å². The van der Waals surface area contributed by atoms with E-state index in [0.717, 1.165) is 11.1 Å². The van der Waals surface area contributed by atoms with Gasteiger partial charge in [-0.25, -0.2) is 19.3 Å². The number of fused-ring (bicyclic) bond motifs is 1. The van der Waals surface area contributed by atoms with Gasteiger partial charge in [0.15, 0.2) is 17.2 Å². The number of amides is 1. The average Bonchev–Trinajstić information content (AvgIpc) is 3.02. The van der Waals surface area contributed by atoms with E-state index in [1.807, 2.05) is 54.6 Å². The molecule has 0 radical (unpaired) electrons. The van der Waals surface area contributed by atoms with Gasteiger partial charge in [0.2, 0.25) is 0 Å². The Kier molecular flexibility index (Phi) is 4.30. The number of hydrogen-bond acceptors (Lipinski definition) is 4. The van der Waals surface area contributed by atoms with Gasteiger partial charge in [-0.2, -0.15) is 0 Å². The SMILES string of the molecule is CC(C)(C)c1ccc(-n2c(=O)[nH]c3c(C(N)=O)nc(-c4ccccc4)nc32)cc1. The number of benzene rings is 2. The maximum absolute atomic E-state index is 12.7. The molecule has 0 aliphatic carbocycles. The van der Waals surface area contributed by atoms with E-state index in [1.54, 1.807) is 0 Å². The number of rotatable bonds is 3. The van der Waals surface area contributed by atoms with Crippen LogP contribution >= 0.6 is 0 Å². The molecule has 2 aromatic heterocycles. The van der Waals surface area contributed by atoms with E-state index in [-0.39, 0.29) is 16.6 Å². The summed E-state index contributed by atoms with van der Waals surface area (Å²) in [6.07, 6.45) is 0. The van der Waals surface area contributed by atoms with Gasteiger partial charge in [0, 0.05) is 5.56 Å². The van der Waals surface area contributed by atoms with Crippen molar-refractivity contribution in [1.82, 2.24) is 19.5 Å². The molecular weight excluding hydrogens is 366 g/mol. The van der Waals surface area contributed by atoms with E-state index >= 15 is 0 Å². The molecule has 0 saturated heterocycles. The Balaban J connectivity index is 1.98. The Morgan fingerprint density at radius 3 is 2.24 bits per heavy atom. The first-order valence-corrected chi connectivity index (χ1v) is 9.24. The largest absolute Gasteiger partial charge is 0.364 e. The Morgan fingerprint density at radius 1 is 1.00 bits per heavy atom. The molecule has 29 heavy (non-hydrogen) atoms. The third-order valence-corrected chi connectivity index (χ3v) is 4.79.